The van der Waals surface area contributed by atoms with Gasteiger partial charge in [-0.15, -0.1) is 16.8 Å². The first-order valence-corrected chi connectivity index (χ1v) is 6.49. The molecule has 0 bridgehead atoms. The molecule has 88 valence electrons. The molecule has 0 aliphatic heterocycles. The fourth-order valence-electron chi connectivity index (χ4n) is 1.27. The standard InChI is InChI=1S/C11H17N3OS/c1-2-3-4-7-15-11-14-13-10(16-11)8-12-9-5-6-9/h2,9,12H,1,3-8H2. The van der Waals surface area contributed by atoms with E-state index >= 15 is 0 Å². The predicted molar refractivity (Wildman–Crippen MR) is 64.7 cm³/mol. The van der Waals surface area contributed by atoms with Gasteiger partial charge in [-0.1, -0.05) is 17.4 Å². The van der Waals surface area contributed by atoms with Gasteiger partial charge in [-0.05, 0) is 25.7 Å². The summed E-state index contributed by atoms with van der Waals surface area (Å²) in [5, 5.41) is 13.2. The van der Waals surface area contributed by atoms with Crippen LogP contribution in [0.4, 0.5) is 0 Å². The minimum Gasteiger partial charge on any atom is -0.469 e. The SMILES string of the molecule is C=CCCCOc1nnc(CNC2CC2)s1. The Balaban J connectivity index is 1.66. The van der Waals surface area contributed by atoms with Crippen LogP contribution in [0.15, 0.2) is 12.7 Å². The molecule has 4 nitrogen and oxygen atoms in total. The van der Waals surface area contributed by atoms with Gasteiger partial charge >= 0.3 is 0 Å². The number of rotatable bonds is 8. The highest BCUT2D eigenvalue weighted by molar-refractivity contribution is 7.13. The Morgan fingerprint density at radius 2 is 2.38 bits per heavy atom. The van der Waals surface area contributed by atoms with E-state index in [9.17, 15) is 0 Å². The van der Waals surface area contributed by atoms with Crippen LogP contribution in [-0.2, 0) is 6.54 Å². The summed E-state index contributed by atoms with van der Waals surface area (Å²) >= 11 is 1.53. The normalized spacial score (nSPS) is 15.0. The Morgan fingerprint density at radius 3 is 3.12 bits per heavy atom. The van der Waals surface area contributed by atoms with Gasteiger partial charge in [0.2, 0.25) is 0 Å². The van der Waals surface area contributed by atoms with Gasteiger partial charge in [0.25, 0.3) is 5.19 Å². The van der Waals surface area contributed by atoms with Crippen LogP contribution < -0.4 is 10.1 Å². The number of hydrogen-bond donors (Lipinski definition) is 1. The van der Waals surface area contributed by atoms with E-state index in [0.29, 0.717) is 17.8 Å². The first kappa shape index (κ1) is 11.5. The molecule has 0 atom stereocenters. The van der Waals surface area contributed by atoms with Crippen LogP contribution >= 0.6 is 11.3 Å². The minimum absolute atomic E-state index is 0.677. The predicted octanol–water partition coefficient (Wildman–Crippen LogP) is 2.14. The number of aromatic nitrogens is 2. The van der Waals surface area contributed by atoms with Gasteiger partial charge in [-0.2, -0.15) is 0 Å². The number of nitrogens with one attached hydrogen (secondary N) is 1. The van der Waals surface area contributed by atoms with E-state index in [-0.39, 0.29) is 0 Å². The van der Waals surface area contributed by atoms with Gasteiger partial charge in [0.05, 0.1) is 13.2 Å². The molecule has 0 spiro atoms. The van der Waals surface area contributed by atoms with Gasteiger partial charge in [0.1, 0.15) is 5.01 Å². The average molecular weight is 239 g/mol. The fraction of sp³-hybridized carbons (Fsp3) is 0.636. The number of ether oxygens (including phenoxy) is 1. The van der Waals surface area contributed by atoms with Crippen molar-refractivity contribution in [2.24, 2.45) is 0 Å². The van der Waals surface area contributed by atoms with E-state index in [1.54, 1.807) is 0 Å². The molecular weight excluding hydrogens is 222 g/mol. The van der Waals surface area contributed by atoms with Crippen molar-refractivity contribution in [3.8, 4) is 5.19 Å². The molecule has 2 rings (SSSR count). The molecule has 1 saturated carbocycles. The Morgan fingerprint density at radius 1 is 1.50 bits per heavy atom. The second-order valence-corrected chi connectivity index (χ2v) is 4.92. The highest BCUT2D eigenvalue weighted by Gasteiger charge is 2.20. The molecule has 1 N–H and O–H groups in total. The number of hydrogen-bond acceptors (Lipinski definition) is 5. The van der Waals surface area contributed by atoms with Crippen molar-refractivity contribution in [2.45, 2.75) is 38.3 Å². The molecule has 1 fully saturated rings. The Hall–Kier alpha value is -0.940. The van der Waals surface area contributed by atoms with Crippen molar-refractivity contribution < 1.29 is 4.74 Å². The summed E-state index contributed by atoms with van der Waals surface area (Å²) in [5.74, 6) is 0. The lowest BCUT2D eigenvalue weighted by Crippen LogP contribution is -2.14. The van der Waals surface area contributed by atoms with Crippen LogP contribution in [0, 0.1) is 0 Å². The van der Waals surface area contributed by atoms with Crippen molar-refractivity contribution in [2.75, 3.05) is 6.61 Å². The van der Waals surface area contributed by atoms with Crippen molar-refractivity contribution in [1.29, 1.82) is 0 Å². The zero-order chi connectivity index (χ0) is 11.2. The quantitative estimate of drug-likeness (QED) is 0.557. The summed E-state index contributed by atoms with van der Waals surface area (Å²) in [6, 6.07) is 0.709. The largest absolute Gasteiger partial charge is 0.469 e. The molecule has 0 unspecified atom stereocenters. The second-order valence-electron chi connectivity index (χ2n) is 3.90. The number of nitrogens with zero attached hydrogens (tertiary/aromatic N) is 2. The molecule has 1 aromatic heterocycles. The Labute approximate surface area is 99.7 Å². The molecule has 5 heteroatoms. The van der Waals surface area contributed by atoms with Crippen molar-refractivity contribution in [1.82, 2.24) is 15.5 Å². The third kappa shape index (κ3) is 3.90. The molecule has 16 heavy (non-hydrogen) atoms. The number of allylic oxidation sites excluding steroid dienone is 1. The molecule has 1 aliphatic rings. The lowest BCUT2D eigenvalue weighted by Gasteiger charge is -1.98. The van der Waals surface area contributed by atoms with E-state index in [0.717, 1.165) is 24.4 Å². The van der Waals surface area contributed by atoms with E-state index in [2.05, 4.69) is 22.1 Å². The molecule has 0 radical (unpaired) electrons. The first-order valence-electron chi connectivity index (χ1n) is 5.68. The Bertz CT molecular complexity index is 336. The van der Waals surface area contributed by atoms with Crippen LogP contribution in [0.25, 0.3) is 0 Å². The Kier molecular flexibility index (Phi) is 4.30. The molecule has 1 aromatic rings. The molecule has 1 heterocycles. The van der Waals surface area contributed by atoms with Crippen molar-refractivity contribution in [3.63, 3.8) is 0 Å². The maximum Gasteiger partial charge on any atom is 0.294 e. The zero-order valence-corrected chi connectivity index (χ0v) is 10.1. The molecular formula is C11H17N3OS. The van der Waals surface area contributed by atoms with Gasteiger partial charge < -0.3 is 10.1 Å². The summed E-state index contributed by atoms with van der Waals surface area (Å²) in [4.78, 5) is 0. The van der Waals surface area contributed by atoms with Crippen LogP contribution in [0.5, 0.6) is 5.19 Å². The zero-order valence-electron chi connectivity index (χ0n) is 9.32. The summed E-state index contributed by atoms with van der Waals surface area (Å²) in [6.07, 6.45) is 6.45. The van der Waals surface area contributed by atoms with E-state index < -0.39 is 0 Å². The molecule has 0 aromatic carbocycles. The summed E-state index contributed by atoms with van der Waals surface area (Å²) in [5.41, 5.74) is 0. The monoisotopic (exact) mass is 239 g/mol. The molecule has 0 saturated heterocycles. The van der Waals surface area contributed by atoms with Crippen molar-refractivity contribution >= 4 is 11.3 Å². The lowest BCUT2D eigenvalue weighted by atomic mass is 10.3. The third-order valence-electron chi connectivity index (χ3n) is 2.35. The minimum atomic E-state index is 0.677. The highest BCUT2D eigenvalue weighted by Crippen LogP contribution is 2.22. The second kappa shape index (κ2) is 5.96. The van der Waals surface area contributed by atoms with Crippen LogP contribution in [0.1, 0.15) is 30.7 Å². The maximum atomic E-state index is 5.48. The van der Waals surface area contributed by atoms with Crippen LogP contribution in [-0.4, -0.2) is 22.8 Å². The summed E-state index contributed by atoms with van der Waals surface area (Å²) in [7, 11) is 0. The lowest BCUT2D eigenvalue weighted by molar-refractivity contribution is 0.308. The molecule has 1 aliphatic carbocycles. The third-order valence-corrected chi connectivity index (χ3v) is 3.18. The van der Waals surface area contributed by atoms with Gasteiger partial charge in [-0.3, -0.25) is 0 Å². The van der Waals surface area contributed by atoms with Gasteiger partial charge in [-0.25, -0.2) is 0 Å². The highest BCUT2D eigenvalue weighted by atomic mass is 32.1. The van der Waals surface area contributed by atoms with Crippen LogP contribution in [0.3, 0.4) is 0 Å². The van der Waals surface area contributed by atoms with Gasteiger partial charge in [0.15, 0.2) is 0 Å². The fourth-order valence-corrected chi connectivity index (χ4v) is 1.94. The topological polar surface area (TPSA) is 47.0 Å². The molecule has 0 amide bonds. The van der Waals surface area contributed by atoms with Gasteiger partial charge in [0, 0.05) is 6.04 Å². The first-order chi connectivity index (χ1) is 7.88. The maximum absolute atomic E-state index is 5.48. The average Bonchev–Trinajstić information content (AvgIpc) is 3.02. The summed E-state index contributed by atoms with van der Waals surface area (Å²) < 4.78 is 5.48. The van der Waals surface area contributed by atoms with E-state index in [1.807, 2.05) is 6.08 Å². The number of unbranched alkanes of at least 4 members (excludes halogenated alkanes) is 1. The van der Waals surface area contributed by atoms with E-state index in [1.165, 1.54) is 24.2 Å². The summed E-state index contributed by atoms with van der Waals surface area (Å²) in [6.45, 7) is 5.18. The van der Waals surface area contributed by atoms with Crippen LogP contribution in [0.2, 0.25) is 0 Å². The van der Waals surface area contributed by atoms with Crippen molar-refractivity contribution in [3.05, 3.63) is 17.7 Å². The smallest absolute Gasteiger partial charge is 0.294 e. The van der Waals surface area contributed by atoms with E-state index in [4.69, 9.17) is 4.74 Å².